The molecule has 0 aliphatic heterocycles. The maximum Gasteiger partial charge on any atom is 0.332 e. The normalized spacial score (nSPS) is 11.8. The van der Waals surface area contributed by atoms with E-state index in [1.54, 1.807) is 7.11 Å². The molecule has 1 atom stereocenters. The van der Waals surface area contributed by atoms with Crippen LogP contribution in [0, 0.1) is 0 Å². The van der Waals surface area contributed by atoms with Gasteiger partial charge in [-0.15, -0.1) is 11.3 Å². The van der Waals surface area contributed by atoms with E-state index in [4.69, 9.17) is 14.2 Å². The van der Waals surface area contributed by atoms with Gasteiger partial charge < -0.3 is 19.5 Å². The van der Waals surface area contributed by atoms with Crippen molar-refractivity contribution in [3.63, 3.8) is 0 Å². The first-order valence-corrected chi connectivity index (χ1v) is 9.89. The lowest BCUT2D eigenvalue weighted by Gasteiger charge is -2.13. The van der Waals surface area contributed by atoms with Gasteiger partial charge in [0.05, 0.1) is 23.9 Å². The van der Waals surface area contributed by atoms with E-state index in [1.807, 2.05) is 48.5 Å². The Morgan fingerprint density at radius 3 is 2.62 bits per heavy atom. The molecule has 0 unspecified atom stereocenters. The lowest BCUT2D eigenvalue weighted by atomic mass is 10.2. The molecule has 0 saturated heterocycles. The minimum absolute atomic E-state index is 0.215. The average molecular weight is 414 g/mol. The maximum atomic E-state index is 12.1. The Bertz CT molecular complexity index is 938. The summed E-state index contributed by atoms with van der Waals surface area (Å²) in [7, 11) is 1.59. The number of amides is 1. The first-order chi connectivity index (χ1) is 14.0. The van der Waals surface area contributed by atoms with Crippen LogP contribution >= 0.6 is 11.3 Å². The van der Waals surface area contributed by atoms with E-state index in [0.29, 0.717) is 6.54 Å². The number of para-hydroxylation sites is 1. The zero-order chi connectivity index (χ0) is 20.6. The Balaban J connectivity index is 1.37. The standard InChI is InChI=1S/C21H22N2O5S/c1-14(21(25)22-11-15-7-9-16(26-2)10-8-15)28-20(24)13-27-12-19-23-17-5-3-4-6-18(17)29-19/h3-10,14H,11-13H2,1-2H3,(H,22,25)/t14-/m1/s1. The number of carbonyl (C=O) groups excluding carboxylic acids is 2. The fourth-order valence-corrected chi connectivity index (χ4v) is 3.47. The maximum absolute atomic E-state index is 12.1. The number of benzene rings is 2. The molecule has 3 rings (SSSR count). The number of nitrogens with zero attached hydrogens (tertiary/aromatic N) is 1. The number of ether oxygens (including phenoxy) is 3. The zero-order valence-electron chi connectivity index (χ0n) is 16.2. The lowest BCUT2D eigenvalue weighted by Crippen LogP contribution is -2.36. The van der Waals surface area contributed by atoms with Gasteiger partial charge in [-0.2, -0.15) is 0 Å². The van der Waals surface area contributed by atoms with E-state index in [1.165, 1.54) is 18.3 Å². The Hall–Kier alpha value is -2.97. The van der Waals surface area contributed by atoms with Gasteiger partial charge in [-0.1, -0.05) is 24.3 Å². The molecule has 0 fully saturated rings. The molecule has 7 nitrogen and oxygen atoms in total. The van der Waals surface area contributed by atoms with E-state index in [2.05, 4.69) is 10.3 Å². The molecule has 0 saturated carbocycles. The van der Waals surface area contributed by atoms with Crippen molar-refractivity contribution < 1.29 is 23.8 Å². The van der Waals surface area contributed by atoms with E-state index in [-0.39, 0.29) is 19.1 Å². The molecule has 0 aliphatic carbocycles. The number of hydrogen-bond donors (Lipinski definition) is 1. The third-order valence-electron chi connectivity index (χ3n) is 4.09. The van der Waals surface area contributed by atoms with Crippen LogP contribution in [-0.2, 0) is 32.2 Å². The number of hydrogen-bond acceptors (Lipinski definition) is 7. The van der Waals surface area contributed by atoms with Crippen molar-refractivity contribution in [2.24, 2.45) is 0 Å². The molecule has 152 valence electrons. The number of nitrogens with one attached hydrogen (secondary N) is 1. The van der Waals surface area contributed by atoms with Crippen molar-refractivity contribution in [1.82, 2.24) is 10.3 Å². The van der Waals surface area contributed by atoms with Crippen molar-refractivity contribution in [3.05, 3.63) is 59.1 Å². The summed E-state index contributed by atoms with van der Waals surface area (Å²) in [6.45, 7) is 1.83. The van der Waals surface area contributed by atoms with Gasteiger partial charge in [0.1, 0.15) is 17.4 Å². The monoisotopic (exact) mass is 414 g/mol. The number of thiazole rings is 1. The molecule has 1 N–H and O–H groups in total. The third-order valence-corrected chi connectivity index (χ3v) is 5.10. The lowest BCUT2D eigenvalue weighted by molar-refractivity contribution is -0.159. The quantitative estimate of drug-likeness (QED) is 0.542. The first kappa shape index (κ1) is 20.8. The van der Waals surface area contributed by atoms with E-state index < -0.39 is 12.1 Å². The predicted octanol–water partition coefficient (Wildman–Crippen LogP) is 3.07. The summed E-state index contributed by atoms with van der Waals surface area (Å²) < 4.78 is 16.7. The summed E-state index contributed by atoms with van der Waals surface area (Å²) >= 11 is 1.51. The van der Waals surface area contributed by atoms with Crippen molar-refractivity contribution in [2.75, 3.05) is 13.7 Å². The van der Waals surface area contributed by atoms with Gasteiger partial charge >= 0.3 is 5.97 Å². The van der Waals surface area contributed by atoms with Crippen LogP contribution in [0.2, 0.25) is 0 Å². The first-order valence-electron chi connectivity index (χ1n) is 9.07. The van der Waals surface area contributed by atoms with Gasteiger partial charge in [-0.3, -0.25) is 4.79 Å². The van der Waals surface area contributed by atoms with Crippen molar-refractivity contribution in [1.29, 1.82) is 0 Å². The zero-order valence-corrected chi connectivity index (χ0v) is 17.0. The molecule has 0 radical (unpaired) electrons. The van der Waals surface area contributed by atoms with Crippen LogP contribution in [0.3, 0.4) is 0 Å². The fourth-order valence-electron chi connectivity index (χ4n) is 2.56. The molecule has 1 amide bonds. The Kier molecular flexibility index (Phi) is 7.15. The number of aromatic nitrogens is 1. The molecule has 0 spiro atoms. The number of esters is 1. The highest BCUT2D eigenvalue weighted by molar-refractivity contribution is 7.18. The van der Waals surface area contributed by atoms with E-state index in [9.17, 15) is 9.59 Å². The Morgan fingerprint density at radius 2 is 1.90 bits per heavy atom. The summed E-state index contributed by atoms with van der Waals surface area (Å²) in [4.78, 5) is 28.4. The summed E-state index contributed by atoms with van der Waals surface area (Å²) in [5.74, 6) is -0.230. The van der Waals surface area contributed by atoms with Crippen molar-refractivity contribution in [2.45, 2.75) is 26.2 Å². The second kappa shape index (κ2) is 9.99. The number of carbonyl (C=O) groups is 2. The van der Waals surface area contributed by atoms with Crippen molar-refractivity contribution >= 4 is 33.4 Å². The molecule has 29 heavy (non-hydrogen) atoms. The summed E-state index contributed by atoms with van der Waals surface area (Å²) in [5.41, 5.74) is 1.82. The van der Waals surface area contributed by atoms with Crippen molar-refractivity contribution in [3.8, 4) is 5.75 Å². The van der Waals surface area contributed by atoms with Gasteiger partial charge in [0.25, 0.3) is 5.91 Å². The molecule has 0 bridgehead atoms. The smallest absolute Gasteiger partial charge is 0.332 e. The molecular formula is C21H22N2O5S. The number of methoxy groups -OCH3 is 1. The van der Waals surface area contributed by atoms with Gasteiger partial charge in [0.15, 0.2) is 6.10 Å². The molecule has 1 aromatic heterocycles. The Morgan fingerprint density at radius 1 is 1.14 bits per heavy atom. The van der Waals surface area contributed by atoms with Crippen LogP contribution in [0.1, 0.15) is 17.5 Å². The van der Waals surface area contributed by atoms with Gasteiger partial charge in [0.2, 0.25) is 0 Å². The summed E-state index contributed by atoms with van der Waals surface area (Å²) in [6, 6.07) is 15.1. The summed E-state index contributed by atoms with van der Waals surface area (Å²) in [5, 5.41) is 3.51. The van der Waals surface area contributed by atoms with Crippen LogP contribution in [-0.4, -0.2) is 36.7 Å². The summed E-state index contributed by atoms with van der Waals surface area (Å²) in [6.07, 6.45) is -0.910. The highest BCUT2D eigenvalue weighted by Crippen LogP contribution is 2.21. The van der Waals surface area contributed by atoms with Crippen LogP contribution in [0.25, 0.3) is 10.2 Å². The van der Waals surface area contributed by atoms with Crippen LogP contribution in [0.15, 0.2) is 48.5 Å². The van der Waals surface area contributed by atoms with Gasteiger partial charge in [0, 0.05) is 6.54 Å². The molecule has 2 aromatic carbocycles. The molecule has 3 aromatic rings. The number of rotatable bonds is 9. The average Bonchev–Trinajstić information content (AvgIpc) is 3.15. The third kappa shape index (κ3) is 6.00. The minimum atomic E-state index is -0.910. The van der Waals surface area contributed by atoms with E-state index >= 15 is 0 Å². The van der Waals surface area contributed by atoms with Gasteiger partial charge in [-0.25, -0.2) is 9.78 Å². The minimum Gasteiger partial charge on any atom is -0.497 e. The van der Waals surface area contributed by atoms with Crippen LogP contribution < -0.4 is 10.1 Å². The van der Waals surface area contributed by atoms with Gasteiger partial charge in [-0.05, 0) is 36.8 Å². The second-order valence-electron chi connectivity index (χ2n) is 6.27. The molecule has 0 aliphatic rings. The SMILES string of the molecule is COc1ccc(CNC(=O)[C@@H](C)OC(=O)COCc2nc3ccccc3s2)cc1. The topological polar surface area (TPSA) is 86.8 Å². The molecular weight excluding hydrogens is 392 g/mol. The van der Waals surface area contributed by atoms with E-state index in [0.717, 1.165) is 26.5 Å². The number of fused-ring (bicyclic) bond motifs is 1. The molecule has 8 heteroatoms. The van der Waals surface area contributed by atoms with Crippen LogP contribution in [0.5, 0.6) is 5.75 Å². The largest absolute Gasteiger partial charge is 0.497 e. The highest BCUT2D eigenvalue weighted by Gasteiger charge is 2.17. The van der Waals surface area contributed by atoms with Crippen LogP contribution in [0.4, 0.5) is 0 Å². The predicted molar refractivity (Wildman–Crippen MR) is 110 cm³/mol. The molecule has 1 heterocycles. The highest BCUT2D eigenvalue weighted by atomic mass is 32.1. The fraction of sp³-hybridized carbons (Fsp3) is 0.286. The Labute approximate surface area is 172 Å². The second-order valence-corrected chi connectivity index (χ2v) is 7.38.